The molecule has 3 heterocycles. The number of nitrogens with one attached hydrogen (secondary N) is 2. The number of benzene rings is 2. The molecule has 1 amide bonds. The van der Waals surface area contributed by atoms with Gasteiger partial charge in [-0.1, -0.05) is 31.2 Å². The molecule has 13 nitrogen and oxygen atoms in total. The van der Waals surface area contributed by atoms with Crippen LogP contribution in [0, 0.1) is 23.0 Å². The number of aromatic amines is 1. The molecule has 2 aliphatic carbocycles. The van der Waals surface area contributed by atoms with Crippen molar-refractivity contribution < 1.29 is 32.8 Å². The molecule has 5 N–H and O–H groups in total. The van der Waals surface area contributed by atoms with E-state index >= 15 is 0 Å². The van der Waals surface area contributed by atoms with Gasteiger partial charge in [-0.3, -0.25) is 19.7 Å². The van der Waals surface area contributed by atoms with Crippen molar-refractivity contribution >= 4 is 27.4 Å². The van der Waals surface area contributed by atoms with Crippen molar-refractivity contribution in [2.75, 3.05) is 13.1 Å². The number of fused-ring (bicyclic) bond motifs is 5. The molecule has 2 aliphatic heterocycles. The zero-order valence-electron chi connectivity index (χ0n) is 23.3. The molecule has 3 aromatic rings. The highest BCUT2D eigenvalue weighted by molar-refractivity contribution is 7.89. The minimum Gasteiger partial charge on any atom is -0.454 e. The van der Waals surface area contributed by atoms with Gasteiger partial charge in [0.1, 0.15) is 22.0 Å². The Bertz CT molecular complexity index is 1870. The van der Waals surface area contributed by atoms with Gasteiger partial charge in [-0.25, -0.2) is 8.42 Å². The Labute approximate surface area is 246 Å². The lowest BCUT2D eigenvalue weighted by molar-refractivity contribution is -0.388. The summed E-state index contributed by atoms with van der Waals surface area (Å²) in [4.78, 5) is 42.2. The summed E-state index contributed by atoms with van der Waals surface area (Å²) < 4.78 is 33.8. The van der Waals surface area contributed by atoms with E-state index in [0.717, 1.165) is 18.1 Å². The second-order valence-corrected chi connectivity index (χ2v) is 13.8. The lowest BCUT2D eigenvalue weighted by atomic mass is 9.82. The average Bonchev–Trinajstić information content (AvgIpc) is 3.23. The standard InChI is InChI=1S/C29H29N5O8S/c1-14-10-19(14)16-6-7-20-22(12-16)42-29(37)24-18(4-3-5-21(24)34(38)39)26(35)28(20,29)32-27(36)25-15(2)11-23(31-25)43(40,41)33-9-8-17(30)13-33/h3-7,11-12,14,17,19,31,37H,8-10,13,30H2,1-2H3,(H,32,36)/t14-,17+,19-,28?,29?/m1/s1. The van der Waals surface area contributed by atoms with E-state index in [0.29, 0.717) is 12.3 Å². The molecule has 2 fully saturated rings. The van der Waals surface area contributed by atoms with E-state index in [9.17, 15) is 33.2 Å². The van der Waals surface area contributed by atoms with Crippen molar-refractivity contribution in [3.8, 4) is 5.75 Å². The van der Waals surface area contributed by atoms with Crippen molar-refractivity contribution in [1.82, 2.24) is 14.6 Å². The minimum absolute atomic E-state index is 0.119. The quantitative estimate of drug-likeness (QED) is 0.239. The van der Waals surface area contributed by atoms with Crippen LogP contribution >= 0.6 is 0 Å². The van der Waals surface area contributed by atoms with Gasteiger partial charge in [-0.05, 0) is 54.9 Å². The van der Waals surface area contributed by atoms with Crippen molar-refractivity contribution in [3.63, 3.8) is 0 Å². The number of H-pyrrole nitrogens is 1. The smallest absolute Gasteiger partial charge is 0.280 e. The largest absolute Gasteiger partial charge is 0.454 e. The lowest BCUT2D eigenvalue weighted by Gasteiger charge is -2.34. The fraction of sp³-hybridized carbons (Fsp3) is 0.379. The number of ether oxygens (including phenoxy) is 1. The van der Waals surface area contributed by atoms with Gasteiger partial charge >= 0.3 is 0 Å². The summed E-state index contributed by atoms with van der Waals surface area (Å²) in [6.45, 7) is 4.00. The maximum absolute atomic E-state index is 14.2. The number of hydrogen-bond acceptors (Lipinski definition) is 9. The number of nitrogens with zero attached hydrogens (tertiary/aromatic N) is 2. The number of aromatic nitrogens is 1. The number of Topliss-reactive ketones (excluding diaryl/α,β-unsaturated/α-hetero) is 1. The molecule has 2 aromatic carbocycles. The number of sulfonamides is 1. The molecule has 1 saturated carbocycles. The monoisotopic (exact) mass is 607 g/mol. The predicted molar refractivity (Wildman–Crippen MR) is 151 cm³/mol. The molecular formula is C29H29N5O8S. The van der Waals surface area contributed by atoms with E-state index < -0.39 is 43.7 Å². The van der Waals surface area contributed by atoms with Crippen LogP contribution in [0.5, 0.6) is 5.75 Å². The van der Waals surface area contributed by atoms with Crippen LogP contribution in [0.25, 0.3) is 0 Å². The number of hydrogen-bond donors (Lipinski definition) is 4. The molecule has 0 spiro atoms. The Morgan fingerprint density at radius 1 is 1.28 bits per heavy atom. The molecule has 14 heteroatoms. The van der Waals surface area contributed by atoms with E-state index in [1.54, 1.807) is 18.2 Å². The molecule has 0 radical (unpaired) electrons. The number of nitro benzene ring substituents is 1. The van der Waals surface area contributed by atoms with Crippen LogP contribution in [-0.2, 0) is 21.3 Å². The summed E-state index contributed by atoms with van der Waals surface area (Å²) >= 11 is 0. The zero-order chi connectivity index (χ0) is 30.6. The average molecular weight is 608 g/mol. The third-order valence-corrected chi connectivity index (χ3v) is 11.0. The van der Waals surface area contributed by atoms with Crippen LogP contribution in [0.1, 0.15) is 68.8 Å². The molecule has 43 heavy (non-hydrogen) atoms. The third kappa shape index (κ3) is 3.70. The van der Waals surface area contributed by atoms with E-state index in [1.807, 2.05) is 0 Å². The first-order chi connectivity index (χ1) is 20.3. The van der Waals surface area contributed by atoms with Crippen molar-refractivity contribution in [1.29, 1.82) is 0 Å². The van der Waals surface area contributed by atoms with Gasteiger partial charge in [-0.15, -0.1) is 0 Å². The molecule has 0 bridgehead atoms. The summed E-state index contributed by atoms with van der Waals surface area (Å²) in [5.74, 6) is -3.54. The normalized spacial score (nSPS) is 29.1. The number of carbonyl (C=O) groups excluding carboxylic acids is 2. The van der Waals surface area contributed by atoms with Gasteiger partial charge in [0.25, 0.3) is 27.4 Å². The number of nitro groups is 1. The fourth-order valence-electron chi connectivity index (χ4n) is 6.78. The number of carbonyl (C=O) groups is 2. The number of amides is 1. The van der Waals surface area contributed by atoms with E-state index in [1.165, 1.54) is 29.4 Å². The van der Waals surface area contributed by atoms with Crippen LogP contribution in [0.15, 0.2) is 47.5 Å². The maximum Gasteiger partial charge on any atom is 0.280 e. The number of ketones is 1. The van der Waals surface area contributed by atoms with Gasteiger partial charge in [0, 0.05) is 36.3 Å². The number of aryl methyl sites for hydroxylation is 1. The van der Waals surface area contributed by atoms with Crippen LogP contribution < -0.4 is 15.8 Å². The topological polar surface area (TPSA) is 198 Å². The Morgan fingerprint density at radius 3 is 2.67 bits per heavy atom. The summed E-state index contributed by atoms with van der Waals surface area (Å²) in [7, 11) is -3.99. The van der Waals surface area contributed by atoms with Crippen molar-refractivity contribution in [2.45, 2.75) is 55.0 Å². The Kier molecular flexibility index (Phi) is 5.77. The third-order valence-electron chi connectivity index (χ3n) is 9.20. The second kappa shape index (κ2) is 8.95. The van der Waals surface area contributed by atoms with Crippen molar-refractivity contribution in [2.24, 2.45) is 11.7 Å². The molecular weight excluding hydrogens is 578 g/mol. The summed E-state index contributed by atoms with van der Waals surface area (Å²) in [6, 6.07) is 9.92. The highest BCUT2D eigenvalue weighted by Gasteiger charge is 2.73. The molecule has 1 aromatic heterocycles. The second-order valence-electron chi connectivity index (χ2n) is 11.9. The Balaban J connectivity index is 1.34. The van der Waals surface area contributed by atoms with Gasteiger partial charge < -0.3 is 25.9 Å². The van der Waals surface area contributed by atoms with E-state index in [4.69, 9.17) is 10.5 Å². The van der Waals surface area contributed by atoms with Crippen LogP contribution in [-0.4, -0.2) is 58.6 Å². The van der Waals surface area contributed by atoms with Crippen LogP contribution in [0.3, 0.4) is 0 Å². The molecule has 4 aliphatic rings. The number of rotatable bonds is 6. The fourth-order valence-corrected chi connectivity index (χ4v) is 8.35. The lowest BCUT2D eigenvalue weighted by Crippen LogP contribution is -2.60. The summed E-state index contributed by atoms with van der Waals surface area (Å²) in [5, 5.41) is 26.7. The van der Waals surface area contributed by atoms with E-state index in [-0.39, 0.29) is 63.8 Å². The Hall–Kier alpha value is -4.11. The zero-order valence-corrected chi connectivity index (χ0v) is 24.1. The van der Waals surface area contributed by atoms with Crippen molar-refractivity contribution in [3.05, 3.63) is 86.1 Å². The minimum atomic E-state index is -3.99. The first kappa shape index (κ1) is 27.7. The first-order valence-electron chi connectivity index (χ1n) is 14.0. The van der Waals surface area contributed by atoms with Crippen LogP contribution in [0.4, 0.5) is 5.69 Å². The van der Waals surface area contributed by atoms with E-state index in [2.05, 4.69) is 17.2 Å². The van der Waals surface area contributed by atoms with Gasteiger partial charge in [0.05, 0.1) is 4.92 Å². The Morgan fingerprint density at radius 2 is 2.02 bits per heavy atom. The van der Waals surface area contributed by atoms with Crippen LogP contribution in [0.2, 0.25) is 0 Å². The predicted octanol–water partition coefficient (Wildman–Crippen LogP) is 2.14. The van der Waals surface area contributed by atoms with Gasteiger partial charge in [0.15, 0.2) is 0 Å². The number of aliphatic hydroxyl groups is 1. The van der Waals surface area contributed by atoms with Gasteiger partial charge in [0.2, 0.25) is 11.3 Å². The summed E-state index contributed by atoms with van der Waals surface area (Å²) in [6.07, 6.45) is 1.46. The SMILES string of the molecule is Cc1cc(S(=O)(=O)N2CC[C@H](N)C2)[nH]c1C(=O)NC12C(=O)c3cccc([N+](=O)[O-])c3C1(O)Oc1cc([C@@H]3C[C@H]3C)ccc12. The molecule has 7 rings (SSSR count). The molecule has 2 unspecified atom stereocenters. The highest BCUT2D eigenvalue weighted by Crippen LogP contribution is 2.61. The van der Waals surface area contributed by atoms with Gasteiger partial charge in [-0.2, -0.15) is 4.31 Å². The molecule has 1 saturated heterocycles. The maximum atomic E-state index is 14.2. The summed E-state index contributed by atoms with van der Waals surface area (Å²) in [5.41, 5.74) is 3.71. The number of nitrogens with two attached hydrogens (primary N) is 1. The highest BCUT2D eigenvalue weighted by atomic mass is 32.2. The molecule has 224 valence electrons. The first-order valence-corrected chi connectivity index (χ1v) is 15.4. The molecule has 5 atom stereocenters.